The number of rotatable bonds is 12. The summed E-state index contributed by atoms with van der Waals surface area (Å²) in [5.74, 6) is -0.949. The SMILES string of the molecule is CCOC(=O)COc1c(Br)cc(Cl)cc1C=NNC(=O)COc1ccccc1[C@@H]1NC(=S)NC(C)=C1C(=O)OCC. The second kappa shape index (κ2) is 15.4. The van der Waals surface area contributed by atoms with Crippen LogP contribution in [-0.2, 0) is 23.9 Å². The molecule has 1 aliphatic heterocycles. The number of thiocarbonyl (C=S) groups is 1. The number of esters is 2. The summed E-state index contributed by atoms with van der Waals surface area (Å²) in [6.07, 6.45) is 1.32. The smallest absolute Gasteiger partial charge is 0.344 e. The maximum absolute atomic E-state index is 12.7. The van der Waals surface area contributed by atoms with E-state index in [2.05, 4.69) is 37.1 Å². The minimum Gasteiger partial charge on any atom is -0.483 e. The second-order valence-corrected chi connectivity index (χ2v) is 10.0. The summed E-state index contributed by atoms with van der Waals surface area (Å²) in [4.78, 5) is 37.0. The lowest BCUT2D eigenvalue weighted by molar-refractivity contribution is -0.145. The van der Waals surface area contributed by atoms with E-state index in [-0.39, 0.29) is 26.4 Å². The first-order chi connectivity index (χ1) is 19.6. The molecule has 218 valence electrons. The Morgan fingerprint density at radius 2 is 1.85 bits per heavy atom. The van der Waals surface area contributed by atoms with E-state index in [9.17, 15) is 14.4 Å². The number of hydrazone groups is 1. The zero-order valence-electron chi connectivity index (χ0n) is 22.4. The average Bonchev–Trinajstić information content (AvgIpc) is 2.91. The molecule has 14 heteroatoms. The van der Waals surface area contributed by atoms with Crippen molar-refractivity contribution in [3.8, 4) is 11.5 Å². The lowest BCUT2D eigenvalue weighted by atomic mass is 9.95. The lowest BCUT2D eigenvalue weighted by Crippen LogP contribution is -2.45. The summed E-state index contributed by atoms with van der Waals surface area (Å²) in [6, 6.07) is 9.45. The molecule has 2 aromatic rings. The van der Waals surface area contributed by atoms with Crippen LogP contribution in [0.25, 0.3) is 0 Å². The van der Waals surface area contributed by atoms with E-state index in [1.807, 2.05) is 0 Å². The minimum absolute atomic E-state index is 0.205. The van der Waals surface area contributed by atoms with Crippen LogP contribution in [0.2, 0.25) is 5.02 Å². The molecule has 0 aliphatic carbocycles. The van der Waals surface area contributed by atoms with Gasteiger partial charge in [-0.3, -0.25) is 4.79 Å². The van der Waals surface area contributed by atoms with Crippen molar-refractivity contribution in [2.24, 2.45) is 5.10 Å². The van der Waals surface area contributed by atoms with Crippen molar-refractivity contribution < 1.29 is 33.3 Å². The minimum atomic E-state index is -0.658. The second-order valence-electron chi connectivity index (χ2n) is 8.31. The van der Waals surface area contributed by atoms with Gasteiger partial charge in [0.05, 0.1) is 35.5 Å². The first-order valence-corrected chi connectivity index (χ1v) is 14.0. The number of ether oxygens (including phenoxy) is 4. The van der Waals surface area contributed by atoms with Crippen LogP contribution in [0.5, 0.6) is 11.5 Å². The van der Waals surface area contributed by atoms with Crippen molar-refractivity contribution in [1.29, 1.82) is 0 Å². The summed E-state index contributed by atoms with van der Waals surface area (Å²) in [6.45, 7) is 4.87. The molecule has 3 N–H and O–H groups in total. The Kier molecular flexibility index (Phi) is 11.9. The molecule has 0 unspecified atom stereocenters. The number of amides is 1. The molecule has 0 radical (unpaired) electrons. The van der Waals surface area contributed by atoms with E-state index in [1.54, 1.807) is 57.2 Å². The molecular weight excluding hydrogens is 640 g/mol. The van der Waals surface area contributed by atoms with Crippen LogP contribution in [0.3, 0.4) is 0 Å². The Morgan fingerprint density at radius 3 is 2.59 bits per heavy atom. The molecule has 2 aromatic carbocycles. The van der Waals surface area contributed by atoms with Crippen LogP contribution >= 0.6 is 39.7 Å². The zero-order valence-corrected chi connectivity index (χ0v) is 25.6. The summed E-state index contributed by atoms with van der Waals surface area (Å²) >= 11 is 14.8. The number of hydrogen-bond acceptors (Lipinski definition) is 9. The topological polar surface area (TPSA) is 137 Å². The average molecular weight is 668 g/mol. The van der Waals surface area contributed by atoms with Crippen LogP contribution in [0.1, 0.15) is 37.9 Å². The van der Waals surface area contributed by atoms with Gasteiger partial charge in [-0.05, 0) is 67.1 Å². The van der Waals surface area contributed by atoms with Gasteiger partial charge in [-0.25, -0.2) is 15.0 Å². The highest BCUT2D eigenvalue weighted by Gasteiger charge is 2.32. The third-order valence-corrected chi connectivity index (χ3v) is 6.45. The molecule has 1 amide bonds. The summed E-state index contributed by atoms with van der Waals surface area (Å²) in [7, 11) is 0. The standard InChI is InChI=1S/C27H28BrClN4O7S/c1-4-37-22(35)14-40-25-16(10-17(29)11-19(25)28)12-30-33-21(34)13-39-20-9-7-6-8-18(20)24-23(26(36)38-5-2)15(3)31-27(41)32-24/h6-12,24H,4-5,13-14H2,1-3H3,(H,33,34)(H2,31,32,41)/t24-/m0/s1. The van der Waals surface area contributed by atoms with E-state index in [0.717, 1.165) is 0 Å². The molecule has 1 aliphatic rings. The fourth-order valence-electron chi connectivity index (χ4n) is 3.77. The molecule has 0 aromatic heterocycles. The van der Waals surface area contributed by atoms with E-state index in [4.69, 9.17) is 42.8 Å². The summed E-state index contributed by atoms with van der Waals surface area (Å²) in [5, 5.41) is 10.7. The van der Waals surface area contributed by atoms with E-state index in [1.165, 1.54) is 6.21 Å². The number of allylic oxidation sites excluding steroid dienone is 1. The third-order valence-electron chi connectivity index (χ3n) is 5.42. The van der Waals surface area contributed by atoms with Gasteiger partial charge < -0.3 is 29.6 Å². The van der Waals surface area contributed by atoms with Crippen molar-refractivity contribution in [1.82, 2.24) is 16.1 Å². The Morgan fingerprint density at radius 1 is 1.12 bits per heavy atom. The maximum atomic E-state index is 12.7. The van der Waals surface area contributed by atoms with Gasteiger partial charge in [0, 0.05) is 21.8 Å². The highest BCUT2D eigenvalue weighted by atomic mass is 79.9. The number of carbonyl (C=O) groups is 3. The third kappa shape index (κ3) is 8.90. The van der Waals surface area contributed by atoms with Gasteiger partial charge in [-0.1, -0.05) is 29.8 Å². The van der Waals surface area contributed by atoms with Gasteiger partial charge in [0.15, 0.2) is 18.3 Å². The number of carbonyl (C=O) groups excluding carboxylic acids is 3. The molecule has 1 atom stereocenters. The Balaban J connectivity index is 1.70. The number of halogens is 2. The fourth-order valence-corrected chi connectivity index (χ4v) is 4.99. The van der Waals surface area contributed by atoms with Crippen LogP contribution in [-0.4, -0.2) is 55.6 Å². The molecule has 41 heavy (non-hydrogen) atoms. The lowest BCUT2D eigenvalue weighted by Gasteiger charge is -2.30. The van der Waals surface area contributed by atoms with Crippen LogP contribution in [0, 0.1) is 0 Å². The molecular formula is C27H28BrClN4O7S. The Bertz CT molecular complexity index is 1390. The Labute approximate surface area is 255 Å². The maximum Gasteiger partial charge on any atom is 0.344 e. The van der Waals surface area contributed by atoms with Crippen LogP contribution < -0.4 is 25.5 Å². The molecule has 3 rings (SSSR count). The molecule has 11 nitrogen and oxygen atoms in total. The normalized spacial score (nSPS) is 14.7. The number of hydrogen-bond donors (Lipinski definition) is 3. The van der Waals surface area contributed by atoms with Crippen molar-refractivity contribution in [2.45, 2.75) is 26.8 Å². The van der Waals surface area contributed by atoms with Gasteiger partial charge in [0.2, 0.25) is 0 Å². The molecule has 1 heterocycles. The van der Waals surface area contributed by atoms with Crippen LogP contribution in [0.15, 0.2) is 57.2 Å². The van der Waals surface area contributed by atoms with Crippen molar-refractivity contribution in [2.75, 3.05) is 26.4 Å². The van der Waals surface area contributed by atoms with E-state index >= 15 is 0 Å². The number of benzene rings is 2. The largest absolute Gasteiger partial charge is 0.483 e. The quantitative estimate of drug-likeness (QED) is 0.132. The molecule has 0 saturated heterocycles. The van der Waals surface area contributed by atoms with Gasteiger partial charge in [-0.15, -0.1) is 0 Å². The van der Waals surface area contributed by atoms with E-state index in [0.29, 0.717) is 48.5 Å². The number of nitrogens with zero attached hydrogens (tertiary/aromatic N) is 1. The number of nitrogens with one attached hydrogen (secondary N) is 3. The molecule has 0 fully saturated rings. The summed E-state index contributed by atoms with van der Waals surface area (Å²) < 4.78 is 22.0. The van der Waals surface area contributed by atoms with E-state index < -0.39 is 23.9 Å². The number of para-hydroxylation sites is 1. The highest BCUT2D eigenvalue weighted by Crippen LogP contribution is 2.34. The van der Waals surface area contributed by atoms with Gasteiger partial charge >= 0.3 is 11.9 Å². The van der Waals surface area contributed by atoms with Crippen LogP contribution in [0.4, 0.5) is 0 Å². The van der Waals surface area contributed by atoms with Gasteiger partial charge in [0.25, 0.3) is 5.91 Å². The summed E-state index contributed by atoms with van der Waals surface area (Å²) in [5.41, 5.74) is 4.27. The zero-order chi connectivity index (χ0) is 29.9. The van der Waals surface area contributed by atoms with Crippen molar-refractivity contribution in [3.05, 3.63) is 68.3 Å². The van der Waals surface area contributed by atoms with Gasteiger partial charge in [0.1, 0.15) is 11.5 Å². The molecule has 0 bridgehead atoms. The van der Waals surface area contributed by atoms with Crippen molar-refractivity contribution in [3.63, 3.8) is 0 Å². The predicted octanol–water partition coefficient (Wildman–Crippen LogP) is 3.93. The molecule has 0 spiro atoms. The first-order valence-electron chi connectivity index (χ1n) is 12.4. The monoisotopic (exact) mass is 666 g/mol. The first kappa shape index (κ1) is 31.8. The Hall–Kier alpha value is -3.68. The predicted molar refractivity (Wildman–Crippen MR) is 160 cm³/mol. The van der Waals surface area contributed by atoms with Crippen molar-refractivity contribution >= 4 is 68.9 Å². The highest BCUT2D eigenvalue weighted by molar-refractivity contribution is 9.10. The van der Waals surface area contributed by atoms with Gasteiger partial charge in [-0.2, -0.15) is 5.10 Å². The fraction of sp³-hybridized carbons (Fsp3) is 0.296. The molecule has 0 saturated carbocycles.